The Morgan fingerprint density at radius 1 is 1.50 bits per heavy atom. The maximum Gasteiger partial charge on any atom is 0.282 e. The molecule has 2 N–H and O–H groups in total. The molecule has 0 aliphatic carbocycles. The van der Waals surface area contributed by atoms with E-state index in [1.807, 2.05) is 0 Å². The van der Waals surface area contributed by atoms with Gasteiger partial charge < -0.3 is 10.6 Å². The molecule has 0 aromatic carbocycles. The quantitative estimate of drug-likeness (QED) is 0.750. The average Bonchev–Trinajstić information content (AvgIpc) is 2.60. The Hall–Kier alpha value is -1.21. The Morgan fingerprint density at radius 3 is 2.71 bits per heavy atom. The fourth-order valence-electron chi connectivity index (χ4n) is 0.622. The number of nitrogens with one attached hydrogen (secondary N) is 2. The first-order chi connectivity index (χ1) is 6.63. The number of amides is 2. The third kappa shape index (κ3) is 2.93. The molecule has 76 valence electrons. The molecule has 1 aromatic heterocycles. The highest BCUT2D eigenvalue weighted by atomic mass is 35.5. The molecule has 0 unspecified atom stereocenters. The van der Waals surface area contributed by atoms with Gasteiger partial charge >= 0.3 is 0 Å². The van der Waals surface area contributed by atoms with Gasteiger partial charge in [-0.25, -0.2) is 0 Å². The normalized spacial score (nSPS) is 9.57. The molecule has 1 rings (SSSR count). The van der Waals surface area contributed by atoms with Crippen LogP contribution in [0.15, 0.2) is 0 Å². The van der Waals surface area contributed by atoms with Crippen LogP contribution in [0.4, 0.5) is 0 Å². The summed E-state index contributed by atoms with van der Waals surface area (Å²) >= 11 is 6.43. The van der Waals surface area contributed by atoms with Crippen LogP contribution in [0.1, 0.15) is 9.80 Å². The van der Waals surface area contributed by atoms with Crippen LogP contribution in [-0.4, -0.2) is 35.6 Å². The van der Waals surface area contributed by atoms with Crippen molar-refractivity contribution in [3.05, 3.63) is 9.47 Å². The summed E-state index contributed by atoms with van der Waals surface area (Å²) in [4.78, 5) is 22.0. The Balaban J connectivity index is 2.47. The minimum Gasteiger partial charge on any atom is -0.358 e. The van der Waals surface area contributed by atoms with Gasteiger partial charge in [0.1, 0.15) is 0 Å². The highest BCUT2D eigenvalue weighted by Crippen LogP contribution is 2.14. The lowest BCUT2D eigenvalue weighted by Crippen LogP contribution is -2.35. The van der Waals surface area contributed by atoms with Gasteiger partial charge in [-0.05, 0) is 11.6 Å². The van der Waals surface area contributed by atoms with Gasteiger partial charge in [-0.1, -0.05) is 11.3 Å². The lowest BCUT2D eigenvalue weighted by atomic mass is 10.5. The maximum absolute atomic E-state index is 11.2. The van der Waals surface area contributed by atoms with Crippen molar-refractivity contribution in [2.24, 2.45) is 0 Å². The molecule has 0 aliphatic heterocycles. The van der Waals surface area contributed by atoms with E-state index in [-0.39, 0.29) is 21.9 Å². The van der Waals surface area contributed by atoms with Crippen LogP contribution in [0, 0.1) is 0 Å². The molecule has 0 radical (unpaired) electrons. The van der Waals surface area contributed by atoms with Crippen LogP contribution >= 0.6 is 22.9 Å². The van der Waals surface area contributed by atoms with E-state index >= 15 is 0 Å². The third-order valence-electron chi connectivity index (χ3n) is 1.28. The van der Waals surface area contributed by atoms with E-state index in [0.29, 0.717) is 0 Å². The second-order valence-corrected chi connectivity index (χ2v) is 3.78. The number of nitrogens with zero attached hydrogens (tertiary/aromatic N) is 2. The molecule has 0 spiro atoms. The number of rotatable bonds is 3. The molecule has 2 amide bonds. The molecule has 1 aromatic rings. The Labute approximate surface area is 88.7 Å². The van der Waals surface area contributed by atoms with E-state index in [4.69, 9.17) is 11.6 Å². The molecule has 1 heterocycles. The van der Waals surface area contributed by atoms with Gasteiger partial charge in [-0.15, -0.1) is 10.2 Å². The summed E-state index contributed by atoms with van der Waals surface area (Å²) in [5, 5.41) is 11.8. The number of hydrogen-bond acceptors (Lipinski definition) is 5. The van der Waals surface area contributed by atoms with Crippen LogP contribution in [0.2, 0.25) is 4.47 Å². The van der Waals surface area contributed by atoms with Gasteiger partial charge in [0, 0.05) is 7.05 Å². The summed E-state index contributed by atoms with van der Waals surface area (Å²) in [6.45, 7) is -0.0907. The van der Waals surface area contributed by atoms with E-state index in [1.54, 1.807) is 0 Å². The van der Waals surface area contributed by atoms with Crippen molar-refractivity contribution >= 4 is 34.8 Å². The van der Waals surface area contributed by atoms with Crippen molar-refractivity contribution in [3.8, 4) is 0 Å². The van der Waals surface area contributed by atoms with Gasteiger partial charge in [-0.2, -0.15) is 0 Å². The zero-order valence-corrected chi connectivity index (χ0v) is 8.78. The SMILES string of the molecule is CNC(=O)CNC(=O)c1nnc(Cl)s1. The van der Waals surface area contributed by atoms with E-state index in [0.717, 1.165) is 11.3 Å². The molecule has 8 heteroatoms. The minimum absolute atomic E-state index is 0.0907. The van der Waals surface area contributed by atoms with Crippen molar-refractivity contribution in [2.75, 3.05) is 13.6 Å². The van der Waals surface area contributed by atoms with Crippen LogP contribution < -0.4 is 10.6 Å². The summed E-state index contributed by atoms with van der Waals surface area (Å²) in [6.07, 6.45) is 0. The molecule has 0 atom stereocenters. The monoisotopic (exact) mass is 234 g/mol. The first-order valence-corrected chi connectivity index (χ1v) is 4.80. The first-order valence-electron chi connectivity index (χ1n) is 3.61. The number of carbonyl (C=O) groups excluding carboxylic acids is 2. The largest absolute Gasteiger partial charge is 0.358 e. The fraction of sp³-hybridized carbons (Fsp3) is 0.333. The summed E-state index contributed by atoms with van der Waals surface area (Å²) in [6, 6.07) is 0. The molecular weight excluding hydrogens is 228 g/mol. The van der Waals surface area contributed by atoms with Crippen molar-refractivity contribution in [1.29, 1.82) is 0 Å². The Kier molecular flexibility index (Phi) is 3.78. The van der Waals surface area contributed by atoms with Gasteiger partial charge in [0.15, 0.2) is 0 Å². The number of likely N-dealkylation sites (N-methyl/N-ethyl adjacent to an activating group) is 1. The third-order valence-corrected chi connectivity index (χ3v) is 2.30. The zero-order chi connectivity index (χ0) is 10.6. The molecule has 0 saturated heterocycles. The van der Waals surface area contributed by atoms with Crippen molar-refractivity contribution < 1.29 is 9.59 Å². The highest BCUT2D eigenvalue weighted by Gasteiger charge is 2.12. The maximum atomic E-state index is 11.2. The van der Waals surface area contributed by atoms with Crippen LogP contribution in [-0.2, 0) is 4.79 Å². The smallest absolute Gasteiger partial charge is 0.282 e. The van der Waals surface area contributed by atoms with Crippen molar-refractivity contribution in [1.82, 2.24) is 20.8 Å². The van der Waals surface area contributed by atoms with Crippen molar-refractivity contribution in [3.63, 3.8) is 0 Å². The van der Waals surface area contributed by atoms with E-state index in [2.05, 4.69) is 20.8 Å². The Morgan fingerprint density at radius 2 is 2.21 bits per heavy atom. The number of halogens is 1. The number of hydrogen-bond donors (Lipinski definition) is 2. The summed E-state index contributed by atoms with van der Waals surface area (Å²) in [5.74, 6) is -0.744. The molecule has 0 saturated carbocycles. The predicted octanol–water partition coefficient (Wildman–Crippen LogP) is -0.333. The molecule has 0 bridgehead atoms. The van der Waals surface area contributed by atoms with Gasteiger partial charge in [0.05, 0.1) is 6.54 Å². The molecular formula is C6H7ClN4O2S. The first kappa shape index (κ1) is 10.9. The number of carbonyl (C=O) groups is 2. The standard InChI is InChI=1S/C6H7ClN4O2S/c1-8-3(12)2-9-4(13)5-10-11-6(7)14-5/h2H2,1H3,(H,8,12)(H,9,13). The minimum atomic E-state index is -0.460. The summed E-state index contributed by atoms with van der Waals surface area (Å²) in [5.41, 5.74) is 0. The number of aromatic nitrogens is 2. The lowest BCUT2D eigenvalue weighted by Gasteiger charge is -1.99. The van der Waals surface area contributed by atoms with Crippen LogP contribution in [0.3, 0.4) is 0 Å². The molecule has 6 nitrogen and oxygen atoms in total. The second-order valence-electron chi connectivity index (χ2n) is 2.22. The average molecular weight is 235 g/mol. The summed E-state index contributed by atoms with van der Waals surface area (Å²) in [7, 11) is 1.48. The van der Waals surface area contributed by atoms with E-state index in [1.165, 1.54) is 7.05 Å². The zero-order valence-electron chi connectivity index (χ0n) is 7.20. The van der Waals surface area contributed by atoms with E-state index in [9.17, 15) is 9.59 Å². The van der Waals surface area contributed by atoms with Crippen LogP contribution in [0.25, 0.3) is 0 Å². The topological polar surface area (TPSA) is 84.0 Å². The second kappa shape index (κ2) is 4.87. The lowest BCUT2D eigenvalue weighted by molar-refractivity contribution is -0.119. The summed E-state index contributed by atoms with van der Waals surface area (Å²) < 4.78 is 0.190. The highest BCUT2D eigenvalue weighted by molar-refractivity contribution is 7.17. The molecule has 14 heavy (non-hydrogen) atoms. The van der Waals surface area contributed by atoms with Crippen molar-refractivity contribution in [2.45, 2.75) is 0 Å². The van der Waals surface area contributed by atoms with Gasteiger partial charge in [0.2, 0.25) is 15.4 Å². The molecule has 0 fully saturated rings. The Bertz CT molecular complexity index is 353. The van der Waals surface area contributed by atoms with E-state index < -0.39 is 5.91 Å². The van der Waals surface area contributed by atoms with Gasteiger partial charge in [0.25, 0.3) is 5.91 Å². The fourth-order valence-corrected chi connectivity index (χ4v) is 1.37. The van der Waals surface area contributed by atoms with Crippen LogP contribution in [0.5, 0.6) is 0 Å². The van der Waals surface area contributed by atoms with Gasteiger partial charge in [-0.3, -0.25) is 9.59 Å². The predicted molar refractivity (Wildman–Crippen MR) is 51.3 cm³/mol. The molecule has 0 aliphatic rings.